The highest BCUT2D eigenvalue weighted by Crippen LogP contribution is 2.16. The van der Waals surface area contributed by atoms with Crippen LogP contribution in [0.4, 0.5) is 0 Å². The van der Waals surface area contributed by atoms with Crippen LogP contribution in [0.2, 0.25) is 0 Å². The second kappa shape index (κ2) is 9.67. The summed E-state index contributed by atoms with van der Waals surface area (Å²) in [5.74, 6) is 0.246. The van der Waals surface area contributed by atoms with E-state index in [1.165, 1.54) is 31.4 Å². The van der Waals surface area contributed by atoms with Crippen molar-refractivity contribution in [3.8, 4) is 5.75 Å². The van der Waals surface area contributed by atoms with Gasteiger partial charge >= 0.3 is 5.97 Å². The van der Waals surface area contributed by atoms with Crippen LogP contribution in [0.15, 0.2) is 48.5 Å². The van der Waals surface area contributed by atoms with E-state index in [1.807, 2.05) is 0 Å². The third-order valence-corrected chi connectivity index (χ3v) is 4.09. The fourth-order valence-electron chi connectivity index (χ4n) is 2.41. The van der Waals surface area contributed by atoms with E-state index >= 15 is 0 Å². The van der Waals surface area contributed by atoms with Gasteiger partial charge in [-0.05, 0) is 48.7 Å². The smallest absolute Gasteiger partial charge is 0.337 e. The van der Waals surface area contributed by atoms with Crippen molar-refractivity contribution in [2.75, 3.05) is 13.7 Å². The number of hydrogen-bond donors (Lipinski definition) is 0. The van der Waals surface area contributed by atoms with Gasteiger partial charge in [-0.25, -0.2) is 4.79 Å². The largest absolute Gasteiger partial charge is 0.494 e. The first-order chi connectivity index (χ1) is 12.9. The van der Waals surface area contributed by atoms with Gasteiger partial charge in [-0.15, -0.1) is 0 Å². The molecule has 0 aliphatic rings. The summed E-state index contributed by atoms with van der Waals surface area (Å²) in [6.45, 7) is 4.89. The molecule has 0 N–H and O–H groups in total. The average Bonchev–Trinajstić information content (AvgIpc) is 2.67. The Hall–Kier alpha value is -2.95. The Balaban J connectivity index is 1.93. The molecule has 0 aliphatic carbocycles. The van der Waals surface area contributed by atoms with Gasteiger partial charge in [-0.2, -0.15) is 0 Å². The number of hydrogen-bond acceptors (Lipinski definition) is 5. The summed E-state index contributed by atoms with van der Waals surface area (Å²) >= 11 is 0. The van der Waals surface area contributed by atoms with Crippen molar-refractivity contribution in [1.82, 2.24) is 0 Å². The van der Waals surface area contributed by atoms with Crippen LogP contribution in [0.1, 0.15) is 57.8 Å². The first-order valence-electron chi connectivity index (χ1n) is 8.88. The standard InChI is InChI=1S/C22H24O5/c1-15(2)12-13-27-19-10-8-17(9-11-19)21(24)14-20(23)16-4-6-18(7-5-16)22(25)26-3/h4-11,15H,12-14H2,1-3H3. The predicted octanol–water partition coefficient (Wildman–Crippen LogP) is 4.35. The molecule has 2 rings (SSSR count). The van der Waals surface area contributed by atoms with Crippen molar-refractivity contribution in [2.45, 2.75) is 26.7 Å². The van der Waals surface area contributed by atoms with Crippen molar-refractivity contribution in [3.63, 3.8) is 0 Å². The van der Waals surface area contributed by atoms with Crippen LogP contribution in [-0.4, -0.2) is 31.3 Å². The van der Waals surface area contributed by atoms with Gasteiger partial charge in [-0.1, -0.05) is 26.0 Å². The van der Waals surface area contributed by atoms with Crippen LogP contribution < -0.4 is 4.74 Å². The first-order valence-corrected chi connectivity index (χ1v) is 8.88. The minimum Gasteiger partial charge on any atom is -0.494 e. The van der Waals surface area contributed by atoms with Crippen LogP contribution in [0, 0.1) is 5.92 Å². The summed E-state index contributed by atoms with van der Waals surface area (Å²) in [7, 11) is 1.29. The normalized spacial score (nSPS) is 10.5. The lowest BCUT2D eigenvalue weighted by Crippen LogP contribution is -2.09. The van der Waals surface area contributed by atoms with E-state index in [4.69, 9.17) is 4.74 Å². The van der Waals surface area contributed by atoms with Crippen LogP contribution in [-0.2, 0) is 4.74 Å². The summed E-state index contributed by atoms with van der Waals surface area (Å²) in [6, 6.07) is 12.9. The number of Topliss-reactive ketones (excluding diaryl/α,β-unsaturated/α-hetero) is 2. The Labute approximate surface area is 159 Å². The van der Waals surface area contributed by atoms with E-state index in [0.29, 0.717) is 35.0 Å². The van der Waals surface area contributed by atoms with Gasteiger partial charge in [-0.3, -0.25) is 9.59 Å². The van der Waals surface area contributed by atoms with Crippen LogP contribution >= 0.6 is 0 Å². The number of ether oxygens (including phenoxy) is 2. The molecular weight excluding hydrogens is 344 g/mol. The minimum atomic E-state index is -0.472. The number of methoxy groups -OCH3 is 1. The second-order valence-electron chi connectivity index (χ2n) is 6.65. The fourth-order valence-corrected chi connectivity index (χ4v) is 2.41. The van der Waals surface area contributed by atoms with E-state index in [1.54, 1.807) is 24.3 Å². The highest BCUT2D eigenvalue weighted by molar-refractivity contribution is 6.13. The van der Waals surface area contributed by atoms with E-state index in [0.717, 1.165) is 6.42 Å². The summed E-state index contributed by atoms with van der Waals surface area (Å²) in [5.41, 5.74) is 1.20. The Bertz CT molecular complexity index is 788. The number of carbonyl (C=O) groups excluding carboxylic acids is 3. The van der Waals surface area contributed by atoms with Crippen molar-refractivity contribution in [3.05, 3.63) is 65.2 Å². The molecule has 0 aromatic heterocycles. The SMILES string of the molecule is COC(=O)c1ccc(C(=O)CC(=O)c2ccc(OCCC(C)C)cc2)cc1. The number of carbonyl (C=O) groups is 3. The van der Waals surface area contributed by atoms with Gasteiger partial charge in [0, 0.05) is 11.1 Å². The topological polar surface area (TPSA) is 69.7 Å². The van der Waals surface area contributed by atoms with Crippen molar-refractivity contribution < 1.29 is 23.9 Å². The Morgan fingerprint density at radius 3 is 1.78 bits per heavy atom. The second-order valence-corrected chi connectivity index (χ2v) is 6.65. The van der Waals surface area contributed by atoms with E-state index < -0.39 is 5.97 Å². The van der Waals surface area contributed by atoms with Crippen LogP contribution in [0.5, 0.6) is 5.75 Å². The van der Waals surface area contributed by atoms with Gasteiger partial charge in [0.25, 0.3) is 0 Å². The maximum Gasteiger partial charge on any atom is 0.337 e. The number of esters is 1. The molecule has 0 radical (unpaired) electrons. The van der Waals surface area contributed by atoms with Gasteiger partial charge in [0.15, 0.2) is 11.6 Å². The van der Waals surface area contributed by atoms with Crippen molar-refractivity contribution >= 4 is 17.5 Å². The van der Waals surface area contributed by atoms with E-state index in [-0.39, 0.29) is 18.0 Å². The zero-order valence-electron chi connectivity index (χ0n) is 15.9. The molecule has 5 heteroatoms. The zero-order valence-corrected chi connectivity index (χ0v) is 15.9. The average molecular weight is 368 g/mol. The molecule has 0 amide bonds. The molecule has 0 aliphatic heterocycles. The fraction of sp³-hybridized carbons (Fsp3) is 0.318. The van der Waals surface area contributed by atoms with Crippen molar-refractivity contribution in [1.29, 1.82) is 0 Å². The summed E-state index contributed by atoms with van der Waals surface area (Å²) in [6.07, 6.45) is 0.731. The highest BCUT2D eigenvalue weighted by atomic mass is 16.5. The summed E-state index contributed by atoms with van der Waals surface area (Å²) in [5, 5.41) is 0. The van der Waals surface area contributed by atoms with Gasteiger partial charge < -0.3 is 9.47 Å². The minimum absolute atomic E-state index is 0.231. The Kier molecular flexibility index (Phi) is 7.29. The molecule has 2 aromatic rings. The molecular formula is C22H24O5. The number of benzene rings is 2. The molecule has 0 saturated heterocycles. The first kappa shape index (κ1) is 20.4. The van der Waals surface area contributed by atoms with E-state index in [2.05, 4.69) is 18.6 Å². The molecule has 2 aromatic carbocycles. The maximum atomic E-state index is 12.3. The van der Waals surface area contributed by atoms with Crippen LogP contribution in [0.3, 0.4) is 0 Å². The van der Waals surface area contributed by atoms with Gasteiger partial charge in [0.2, 0.25) is 0 Å². The summed E-state index contributed by atoms with van der Waals surface area (Å²) in [4.78, 5) is 36.0. The third-order valence-electron chi connectivity index (χ3n) is 4.09. The maximum absolute atomic E-state index is 12.3. The zero-order chi connectivity index (χ0) is 19.8. The van der Waals surface area contributed by atoms with Crippen LogP contribution in [0.25, 0.3) is 0 Å². The van der Waals surface area contributed by atoms with Gasteiger partial charge in [0.1, 0.15) is 5.75 Å². The molecule has 142 valence electrons. The molecule has 5 nitrogen and oxygen atoms in total. The van der Waals surface area contributed by atoms with Gasteiger partial charge in [0.05, 0.1) is 25.7 Å². The lowest BCUT2D eigenvalue weighted by Gasteiger charge is -2.08. The number of ketones is 2. The molecule has 0 saturated carbocycles. The molecule has 0 atom stereocenters. The molecule has 0 unspecified atom stereocenters. The van der Waals surface area contributed by atoms with Crippen molar-refractivity contribution in [2.24, 2.45) is 5.92 Å². The lowest BCUT2D eigenvalue weighted by molar-refractivity contribution is 0.0600. The molecule has 0 fully saturated rings. The predicted molar refractivity (Wildman–Crippen MR) is 102 cm³/mol. The monoisotopic (exact) mass is 368 g/mol. The van der Waals surface area contributed by atoms with E-state index in [9.17, 15) is 14.4 Å². The molecule has 27 heavy (non-hydrogen) atoms. The number of rotatable bonds is 9. The third kappa shape index (κ3) is 6.06. The summed E-state index contributed by atoms with van der Waals surface area (Å²) < 4.78 is 10.2. The highest BCUT2D eigenvalue weighted by Gasteiger charge is 2.15. The lowest BCUT2D eigenvalue weighted by atomic mass is 10.0. The Morgan fingerprint density at radius 1 is 0.815 bits per heavy atom. The quantitative estimate of drug-likeness (QED) is 0.374. The molecule has 0 spiro atoms. The Morgan fingerprint density at radius 2 is 1.30 bits per heavy atom. The molecule has 0 bridgehead atoms. The molecule has 0 heterocycles.